The van der Waals surface area contributed by atoms with Crippen molar-refractivity contribution in [2.75, 3.05) is 19.6 Å². The molecule has 1 aliphatic heterocycles. The average molecular weight is 282 g/mol. The lowest BCUT2D eigenvalue weighted by molar-refractivity contribution is -0.132. The van der Waals surface area contributed by atoms with Crippen LogP contribution in [0.1, 0.15) is 31.9 Å². The molecule has 2 unspecified atom stereocenters. The Hall–Kier alpha value is -0.910. The highest BCUT2D eigenvalue weighted by molar-refractivity contribution is 7.07. The summed E-state index contributed by atoms with van der Waals surface area (Å²) in [6.45, 7) is 6.07. The topological polar surface area (TPSA) is 61.4 Å². The molecule has 106 valence electrons. The zero-order valence-electron chi connectivity index (χ0n) is 11.5. The van der Waals surface area contributed by atoms with Crippen molar-refractivity contribution >= 4 is 17.2 Å². The summed E-state index contributed by atoms with van der Waals surface area (Å²) in [6, 6.07) is 1.89. The summed E-state index contributed by atoms with van der Waals surface area (Å²) in [7, 11) is 0. The van der Waals surface area contributed by atoms with E-state index in [9.17, 15) is 9.90 Å². The fourth-order valence-electron chi connectivity index (χ4n) is 2.61. The van der Waals surface area contributed by atoms with E-state index in [1.54, 1.807) is 11.3 Å². The maximum Gasteiger partial charge on any atom is 0.227 e. The maximum atomic E-state index is 12.4. The van der Waals surface area contributed by atoms with E-state index in [4.69, 9.17) is 0 Å². The molecule has 1 fully saturated rings. The molecule has 2 rings (SSSR count). The number of amides is 1. The van der Waals surface area contributed by atoms with Gasteiger partial charge in [-0.05, 0) is 41.3 Å². The van der Waals surface area contributed by atoms with Gasteiger partial charge in [0.2, 0.25) is 5.91 Å². The molecule has 0 saturated carbocycles. The molecular weight excluding hydrogens is 260 g/mol. The second kappa shape index (κ2) is 6.03. The zero-order valence-corrected chi connectivity index (χ0v) is 12.3. The van der Waals surface area contributed by atoms with Crippen LogP contribution >= 0.6 is 11.3 Å². The fraction of sp³-hybridized carbons (Fsp3) is 0.643. The Labute approximate surface area is 118 Å². The molecular formula is C14H22N2O2S. The van der Waals surface area contributed by atoms with Gasteiger partial charge in [-0.2, -0.15) is 11.3 Å². The van der Waals surface area contributed by atoms with Gasteiger partial charge in [-0.1, -0.05) is 13.8 Å². The number of aliphatic hydroxyl groups is 1. The molecule has 2 atom stereocenters. The van der Waals surface area contributed by atoms with E-state index >= 15 is 0 Å². The summed E-state index contributed by atoms with van der Waals surface area (Å²) in [5.74, 6) is 0.350. The summed E-state index contributed by atoms with van der Waals surface area (Å²) < 4.78 is 0. The molecule has 5 heteroatoms. The van der Waals surface area contributed by atoms with Crippen molar-refractivity contribution in [1.82, 2.24) is 10.6 Å². The van der Waals surface area contributed by atoms with Crippen LogP contribution in [0.4, 0.5) is 0 Å². The molecule has 0 bridgehead atoms. The minimum atomic E-state index is -0.617. The lowest BCUT2D eigenvalue weighted by Crippen LogP contribution is -2.47. The van der Waals surface area contributed by atoms with Gasteiger partial charge in [-0.25, -0.2) is 0 Å². The van der Waals surface area contributed by atoms with E-state index < -0.39 is 6.10 Å². The smallest absolute Gasteiger partial charge is 0.227 e. The third-order valence-corrected chi connectivity index (χ3v) is 4.83. The number of nitrogens with one attached hydrogen (secondary N) is 2. The second-order valence-electron chi connectivity index (χ2n) is 5.52. The summed E-state index contributed by atoms with van der Waals surface area (Å²) >= 11 is 1.55. The van der Waals surface area contributed by atoms with Crippen LogP contribution in [0.25, 0.3) is 0 Å². The van der Waals surface area contributed by atoms with Gasteiger partial charge in [0.25, 0.3) is 0 Å². The number of hydrogen-bond donors (Lipinski definition) is 3. The SMILES string of the molecule is CC(C)C1(C(=O)NCC(O)c2ccsc2)CCNC1. The van der Waals surface area contributed by atoms with Gasteiger partial charge in [-0.15, -0.1) is 0 Å². The van der Waals surface area contributed by atoms with E-state index in [2.05, 4.69) is 24.5 Å². The Kier molecular flexibility index (Phi) is 4.60. The van der Waals surface area contributed by atoms with Gasteiger partial charge in [-0.3, -0.25) is 4.79 Å². The quantitative estimate of drug-likeness (QED) is 0.767. The maximum absolute atomic E-state index is 12.4. The average Bonchev–Trinajstić information content (AvgIpc) is 3.05. The van der Waals surface area contributed by atoms with Crippen molar-refractivity contribution in [3.8, 4) is 0 Å². The second-order valence-corrected chi connectivity index (χ2v) is 6.30. The highest BCUT2D eigenvalue weighted by Crippen LogP contribution is 2.34. The molecule has 1 aliphatic rings. The normalized spacial score (nSPS) is 24.6. The fourth-order valence-corrected chi connectivity index (χ4v) is 3.31. The lowest BCUT2D eigenvalue weighted by atomic mass is 9.75. The van der Waals surface area contributed by atoms with Gasteiger partial charge in [0.05, 0.1) is 11.5 Å². The highest BCUT2D eigenvalue weighted by atomic mass is 32.1. The Morgan fingerprint density at radius 3 is 2.95 bits per heavy atom. The van der Waals surface area contributed by atoms with Crippen molar-refractivity contribution < 1.29 is 9.90 Å². The number of rotatable bonds is 5. The summed E-state index contributed by atoms with van der Waals surface area (Å²) in [5.41, 5.74) is 0.544. The van der Waals surface area contributed by atoms with Gasteiger partial charge in [0.15, 0.2) is 0 Å². The molecule has 0 aromatic carbocycles. The predicted molar refractivity (Wildman–Crippen MR) is 77.0 cm³/mol. The molecule has 19 heavy (non-hydrogen) atoms. The monoisotopic (exact) mass is 282 g/mol. The molecule has 1 saturated heterocycles. The van der Waals surface area contributed by atoms with Crippen LogP contribution in [0.3, 0.4) is 0 Å². The zero-order chi connectivity index (χ0) is 13.9. The van der Waals surface area contributed by atoms with Crippen molar-refractivity contribution in [2.45, 2.75) is 26.4 Å². The van der Waals surface area contributed by atoms with Crippen LogP contribution in [-0.2, 0) is 4.79 Å². The number of aliphatic hydroxyl groups excluding tert-OH is 1. The first-order valence-electron chi connectivity index (χ1n) is 6.75. The van der Waals surface area contributed by atoms with E-state index in [1.165, 1.54) is 0 Å². The van der Waals surface area contributed by atoms with Crippen LogP contribution in [-0.4, -0.2) is 30.6 Å². The first kappa shape index (κ1) is 14.5. The Balaban J connectivity index is 1.93. The molecule has 1 amide bonds. The van der Waals surface area contributed by atoms with Gasteiger partial charge < -0.3 is 15.7 Å². The van der Waals surface area contributed by atoms with E-state index in [1.807, 2.05) is 16.8 Å². The minimum absolute atomic E-state index is 0.0572. The first-order chi connectivity index (χ1) is 9.06. The molecule has 4 nitrogen and oxygen atoms in total. The van der Waals surface area contributed by atoms with Crippen LogP contribution in [0.5, 0.6) is 0 Å². The molecule has 1 aromatic heterocycles. The summed E-state index contributed by atoms with van der Waals surface area (Å²) in [6.07, 6.45) is 0.249. The Bertz CT molecular complexity index is 411. The number of thiophene rings is 1. The number of carbonyl (C=O) groups is 1. The first-order valence-corrected chi connectivity index (χ1v) is 7.70. The highest BCUT2D eigenvalue weighted by Gasteiger charge is 2.43. The molecule has 2 heterocycles. The van der Waals surface area contributed by atoms with Crippen LogP contribution < -0.4 is 10.6 Å². The van der Waals surface area contributed by atoms with Gasteiger partial charge >= 0.3 is 0 Å². The van der Waals surface area contributed by atoms with Crippen molar-refractivity contribution in [1.29, 1.82) is 0 Å². The van der Waals surface area contributed by atoms with E-state index in [0.29, 0.717) is 5.92 Å². The molecule has 0 radical (unpaired) electrons. The van der Waals surface area contributed by atoms with E-state index in [0.717, 1.165) is 25.1 Å². The largest absolute Gasteiger partial charge is 0.387 e. The van der Waals surface area contributed by atoms with Gasteiger partial charge in [0.1, 0.15) is 0 Å². The standard InChI is InChI=1S/C14H22N2O2S/c1-10(2)14(4-5-15-9-14)13(18)16-7-12(17)11-3-6-19-8-11/h3,6,8,10,12,15,17H,4-5,7,9H2,1-2H3,(H,16,18). The van der Waals surface area contributed by atoms with Gasteiger partial charge in [0, 0.05) is 13.1 Å². The molecule has 0 spiro atoms. The van der Waals surface area contributed by atoms with Crippen molar-refractivity contribution in [3.63, 3.8) is 0 Å². The van der Waals surface area contributed by atoms with Crippen molar-refractivity contribution in [2.24, 2.45) is 11.3 Å². The summed E-state index contributed by atoms with van der Waals surface area (Å²) in [4.78, 5) is 12.4. The summed E-state index contributed by atoms with van der Waals surface area (Å²) in [5, 5.41) is 20.0. The predicted octanol–water partition coefficient (Wildman–Crippen LogP) is 1.53. The lowest BCUT2D eigenvalue weighted by Gasteiger charge is -2.31. The Morgan fingerprint density at radius 1 is 1.63 bits per heavy atom. The molecule has 3 N–H and O–H groups in total. The Morgan fingerprint density at radius 2 is 2.42 bits per heavy atom. The number of carbonyl (C=O) groups excluding carboxylic acids is 1. The van der Waals surface area contributed by atoms with Crippen LogP contribution in [0, 0.1) is 11.3 Å². The van der Waals surface area contributed by atoms with Crippen LogP contribution in [0.15, 0.2) is 16.8 Å². The van der Waals surface area contributed by atoms with Crippen LogP contribution in [0.2, 0.25) is 0 Å². The third kappa shape index (κ3) is 2.99. The number of hydrogen-bond acceptors (Lipinski definition) is 4. The van der Waals surface area contributed by atoms with Crippen molar-refractivity contribution in [3.05, 3.63) is 22.4 Å². The minimum Gasteiger partial charge on any atom is -0.387 e. The third-order valence-electron chi connectivity index (χ3n) is 4.13. The molecule has 1 aromatic rings. The molecule has 0 aliphatic carbocycles. The van der Waals surface area contributed by atoms with E-state index in [-0.39, 0.29) is 17.9 Å².